The third kappa shape index (κ3) is 4.03. The Morgan fingerprint density at radius 1 is 1.50 bits per heavy atom. The zero-order valence-corrected chi connectivity index (χ0v) is 12.5. The summed E-state index contributed by atoms with van der Waals surface area (Å²) in [5.74, 6) is -0.0734. The van der Waals surface area contributed by atoms with Crippen molar-refractivity contribution in [2.24, 2.45) is 0 Å². The van der Waals surface area contributed by atoms with Crippen LogP contribution in [0.5, 0.6) is 0 Å². The van der Waals surface area contributed by atoms with E-state index in [1.54, 1.807) is 14.0 Å². The molecule has 2 N–H and O–H groups in total. The van der Waals surface area contributed by atoms with Crippen molar-refractivity contribution in [2.75, 3.05) is 20.8 Å². The van der Waals surface area contributed by atoms with Crippen molar-refractivity contribution >= 4 is 5.91 Å². The molecule has 0 aliphatic rings. The van der Waals surface area contributed by atoms with Gasteiger partial charge >= 0.3 is 0 Å². The van der Waals surface area contributed by atoms with Gasteiger partial charge in [-0.2, -0.15) is 0 Å². The molecule has 0 saturated heterocycles. The first-order valence-electron chi connectivity index (χ1n) is 6.31. The van der Waals surface area contributed by atoms with E-state index in [9.17, 15) is 9.90 Å². The van der Waals surface area contributed by atoms with Gasteiger partial charge in [-0.15, -0.1) is 0 Å². The van der Waals surface area contributed by atoms with Gasteiger partial charge in [0.1, 0.15) is 6.61 Å². The van der Waals surface area contributed by atoms with Gasteiger partial charge in [-0.25, -0.2) is 0 Å². The molecule has 0 aliphatic carbocycles. The first-order chi connectivity index (χ1) is 9.32. The average molecular weight is 286 g/mol. The molecule has 1 atom stereocenters. The first kappa shape index (κ1) is 16.6. The van der Waals surface area contributed by atoms with Gasteiger partial charge in [0.15, 0.2) is 11.5 Å². The second-order valence-corrected chi connectivity index (χ2v) is 5.12. The van der Waals surface area contributed by atoms with Gasteiger partial charge in [0.2, 0.25) is 0 Å². The molecule has 1 aromatic rings. The third-order valence-corrected chi connectivity index (χ3v) is 2.94. The number of nitrogens with one attached hydrogen (secondary N) is 1. The Kier molecular flexibility index (Phi) is 5.67. The van der Waals surface area contributed by atoms with Crippen LogP contribution >= 0.6 is 0 Å². The standard InChI is InChI=1S/C13H22N2O5/c1-8(16)10-9(6-18-4)20-15-11(10)12(17)14-7-13(2,3)19-5/h8,16H,6-7H2,1-5H3,(H,14,17). The normalized spacial score (nSPS) is 13.3. The Labute approximate surface area is 118 Å². The average Bonchev–Trinajstić information content (AvgIpc) is 2.80. The maximum absolute atomic E-state index is 12.1. The van der Waals surface area contributed by atoms with Crippen molar-refractivity contribution in [3.8, 4) is 0 Å². The molecular formula is C13H22N2O5. The molecule has 114 valence electrons. The molecule has 1 heterocycles. The SMILES string of the molecule is COCc1onc(C(=O)NCC(C)(C)OC)c1C(C)O. The first-order valence-corrected chi connectivity index (χ1v) is 6.31. The number of amides is 1. The Bertz CT molecular complexity index is 454. The summed E-state index contributed by atoms with van der Waals surface area (Å²) in [6.07, 6.45) is -0.873. The molecular weight excluding hydrogens is 264 g/mol. The van der Waals surface area contributed by atoms with Gasteiger partial charge in [0.25, 0.3) is 5.91 Å². The van der Waals surface area contributed by atoms with Crippen molar-refractivity contribution in [3.05, 3.63) is 17.0 Å². The largest absolute Gasteiger partial charge is 0.388 e. The van der Waals surface area contributed by atoms with Crippen LogP contribution in [0.25, 0.3) is 0 Å². The summed E-state index contributed by atoms with van der Waals surface area (Å²) in [4.78, 5) is 12.1. The lowest BCUT2D eigenvalue weighted by atomic mass is 10.1. The summed E-state index contributed by atoms with van der Waals surface area (Å²) in [5, 5.41) is 16.2. The zero-order chi connectivity index (χ0) is 15.3. The third-order valence-electron chi connectivity index (χ3n) is 2.94. The molecule has 1 aromatic heterocycles. The molecule has 7 heteroatoms. The lowest BCUT2D eigenvalue weighted by molar-refractivity contribution is 0.0227. The number of carbonyl (C=O) groups is 1. The summed E-state index contributed by atoms with van der Waals surface area (Å²) in [6.45, 7) is 5.70. The number of hydrogen-bond acceptors (Lipinski definition) is 6. The Balaban J connectivity index is 2.88. The number of methoxy groups -OCH3 is 2. The van der Waals surface area contributed by atoms with E-state index in [2.05, 4.69) is 10.5 Å². The summed E-state index contributed by atoms with van der Waals surface area (Å²) in [5.41, 5.74) is -0.0711. The second-order valence-electron chi connectivity index (χ2n) is 5.12. The van der Waals surface area contributed by atoms with Gasteiger partial charge in [0.05, 0.1) is 17.3 Å². The minimum atomic E-state index is -0.873. The molecule has 0 radical (unpaired) electrons. The number of rotatable bonds is 7. The molecule has 7 nitrogen and oxygen atoms in total. The highest BCUT2D eigenvalue weighted by Gasteiger charge is 2.26. The molecule has 0 aliphatic heterocycles. The van der Waals surface area contributed by atoms with E-state index in [0.29, 0.717) is 17.9 Å². The summed E-state index contributed by atoms with van der Waals surface area (Å²) >= 11 is 0. The van der Waals surface area contributed by atoms with Gasteiger partial charge < -0.3 is 24.4 Å². The van der Waals surface area contributed by atoms with Crippen LogP contribution < -0.4 is 5.32 Å². The molecule has 0 bridgehead atoms. The highest BCUT2D eigenvalue weighted by molar-refractivity contribution is 5.93. The number of aromatic nitrogens is 1. The minimum Gasteiger partial charge on any atom is -0.388 e. The molecule has 0 spiro atoms. The van der Waals surface area contributed by atoms with Gasteiger partial charge in [0, 0.05) is 20.8 Å². The van der Waals surface area contributed by atoms with Crippen LogP contribution in [0.4, 0.5) is 0 Å². The molecule has 1 unspecified atom stereocenters. The van der Waals surface area contributed by atoms with E-state index >= 15 is 0 Å². The molecule has 0 fully saturated rings. The lowest BCUT2D eigenvalue weighted by Crippen LogP contribution is -2.40. The fraction of sp³-hybridized carbons (Fsp3) is 0.692. The predicted molar refractivity (Wildman–Crippen MR) is 71.3 cm³/mol. The summed E-state index contributed by atoms with van der Waals surface area (Å²) in [6, 6.07) is 0. The molecule has 0 aromatic carbocycles. The van der Waals surface area contributed by atoms with Crippen LogP contribution in [-0.2, 0) is 16.1 Å². The molecule has 1 rings (SSSR count). The second kappa shape index (κ2) is 6.83. The van der Waals surface area contributed by atoms with Gasteiger partial charge in [-0.05, 0) is 20.8 Å². The van der Waals surface area contributed by atoms with Crippen LogP contribution in [0.15, 0.2) is 4.52 Å². The van der Waals surface area contributed by atoms with E-state index in [-0.39, 0.29) is 12.3 Å². The van der Waals surface area contributed by atoms with E-state index in [1.807, 2.05) is 13.8 Å². The lowest BCUT2D eigenvalue weighted by Gasteiger charge is -2.22. The fourth-order valence-corrected chi connectivity index (χ4v) is 1.61. The van der Waals surface area contributed by atoms with Crippen LogP contribution in [-0.4, -0.2) is 42.5 Å². The highest BCUT2D eigenvalue weighted by atomic mass is 16.5. The molecule has 20 heavy (non-hydrogen) atoms. The number of nitrogens with zero attached hydrogens (tertiary/aromatic N) is 1. The highest BCUT2D eigenvalue weighted by Crippen LogP contribution is 2.23. The smallest absolute Gasteiger partial charge is 0.273 e. The van der Waals surface area contributed by atoms with Crippen molar-refractivity contribution in [3.63, 3.8) is 0 Å². The quantitative estimate of drug-likeness (QED) is 0.777. The van der Waals surface area contributed by atoms with Crippen molar-refractivity contribution in [2.45, 2.75) is 39.1 Å². The Hall–Kier alpha value is -1.44. The molecule has 1 amide bonds. The van der Waals surface area contributed by atoms with E-state index in [0.717, 1.165) is 0 Å². The maximum Gasteiger partial charge on any atom is 0.273 e. The van der Waals surface area contributed by atoms with E-state index in [1.165, 1.54) is 7.11 Å². The van der Waals surface area contributed by atoms with E-state index < -0.39 is 17.6 Å². The van der Waals surface area contributed by atoms with Crippen LogP contribution in [0, 0.1) is 0 Å². The van der Waals surface area contributed by atoms with Crippen LogP contribution in [0.1, 0.15) is 48.7 Å². The van der Waals surface area contributed by atoms with Crippen molar-refractivity contribution in [1.82, 2.24) is 10.5 Å². The summed E-state index contributed by atoms with van der Waals surface area (Å²) in [7, 11) is 3.06. The fourth-order valence-electron chi connectivity index (χ4n) is 1.61. The van der Waals surface area contributed by atoms with Gasteiger partial charge in [-0.3, -0.25) is 4.79 Å². The Morgan fingerprint density at radius 3 is 2.65 bits per heavy atom. The maximum atomic E-state index is 12.1. The number of aliphatic hydroxyl groups excluding tert-OH is 1. The minimum absolute atomic E-state index is 0.0685. The zero-order valence-electron chi connectivity index (χ0n) is 12.5. The topological polar surface area (TPSA) is 93.8 Å². The van der Waals surface area contributed by atoms with Crippen molar-refractivity contribution in [1.29, 1.82) is 0 Å². The number of aliphatic hydroxyl groups is 1. The van der Waals surface area contributed by atoms with Gasteiger partial charge in [-0.1, -0.05) is 5.16 Å². The number of hydrogen-bond donors (Lipinski definition) is 2. The summed E-state index contributed by atoms with van der Waals surface area (Å²) < 4.78 is 15.2. The van der Waals surface area contributed by atoms with E-state index in [4.69, 9.17) is 14.0 Å². The van der Waals surface area contributed by atoms with Crippen LogP contribution in [0.3, 0.4) is 0 Å². The molecule has 0 saturated carbocycles. The van der Waals surface area contributed by atoms with Crippen molar-refractivity contribution < 1.29 is 23.9 Å². The Morgan fingerprint density at radius 2 is 2.15 bits per heavy atom. The van der Waals surface area contributed by atoms with Crippen LogP contribution in [0.2, 0.25) is 0 Å². The predicted octanol–water partition coefficient (Wildman–Crippen LogP) is 1.03. The number of ether oxygens (including phenoxy) is 2. The monoisotopic (exact) mass is 286 g/mol. The number of carbonyl (C=O) groups excluding carboxylic acids is 1.